The van der Waals surface area contributed by atoms with E-state index in [2.05, 4.69) is 83.6 Å². The van der Waals surface area contributed by atoms with Crippen molar-refractivity contribution in [1.82, 2.24) is 5.32 Å². The van der Waals surface area contributed by atoms with Crippen LogP contribution >= 0.6 is 15.9 Å². The molecule has 0 fully saturated rings. The van der Waals surface area contributed by atoms with Crippen molar-refractivity contribution in [2.75, 3.05) is 6.54 Å². The van der Waals surface area contributed by atoms with E-state index in [0.29, 0.717) is 12.0 Å². The van der Waals surface area contributed by atoms with Gasteiger partial charge in [0.15, 0.2) is 0 Å². The molecular weight excluding hydrogens is 298 g/mol. The second-order valence-electron chi connectivity index (χ2n) is 4.96. The summed E-state index contributed by atoms with van der Waals surface area (Å²) in [4.78, 5) is 0. The van der Waals surface area contributed by atoms with Crippen molar-refractivity contribution in [3.05, 3.63) is 70.2 Å². The van der Waals surface area contributed by atoms with Gasteiger partial charge in [0.05, 0.1) is 0 Å². The second kappa shape index (κ2) is 6.88. The second-order valence-corrected chi connectivity index (χ2v) is 5.82. The molecule has 0 spiro atoms. The Kier molecular flexibility index (Phi) is 5.17. The lowest BCUT2D eigenvalue weighted by Gasteiger charge is -2.19. The number of hydrogen-bond acceptors (Lipinski definition) is 1. The van der Waals surface area contributed by atoms with Crippen molar-refractivity contribution >= 4 is 15.9 Å². The Hall–Kier alpha value is -1.12. The summed E-state index contributed by atoms with van der Waals surface area (Å²) >= 11 is 3.61. The maximum Gasteiger partial charge on any atom is 0.0303 e. The summed E-state index contributed by atoms with van der Waals surface area (Å²) in [6, 6.07) is 19.4. The van der Waals surface area contributed by atoms with Crippen LogP contribution in [0.4, 0.5) is 0 Å². The third-order valence-electron chi connectivity index (χ3n) is 3.47. The lowest BCUT2D eigenvalue weighted by molar-refractivity contribution is 0.536. The predicted molar refractivity (Wildman–Crippen MR) is 85.4 cm³/mol. The molecule has 0 saturated heterocycles. The fourth-order valence-corrected chi connectivity index (χ4v) is 2.82. The van der Waals surface area contributed by atoms with Gasteiger partial charge in [-0.05, 0) is 30.0 Å². The average molecular weight is 318 g/mol. The minimum Gasteiger partial charge on any atom is -0.310 e. The van der Waals surface area contributed by atoms with Crippen LogP contribution in [0.25, 0.3) is 0 Å². The van der Waals surface area contributed by atoms with E-state index in [0.717, 1.165) is 6.54 Å². The van der Waals surface area contributed by atoms with Crippen molar-refractivity contribution < 1.29 is 0 Å². The molecule has 0 amide bonds. The van der Waals surface area contributed by atoms with Crippen LogP contribution in [0, 0.1) is 0 Å². The summed E-state index contributed by atoms with van der Waals surface area (Å²) in [6.45, 7) is 5.44. The summed E-state index contributed by atoms with van der Waals surface area (Å²) in [5.74, 6) is 0.520. The molecule has 0 bridgehead atoms. The first-order chi connectivity index (χ1) is 9.18. The van der Waals surface area contributed by atoms with Crippen LogP contribution in [0.3, 0.4) is 0 Å². The van der Waals surface area contributed by atoms with Crippen molar-refractivity contribution in [1.29, 1.82) is 0 Å². The highest BCUT2D eigenvalue weighted by atomic mass is 79.9. The number of benzene rings is 2. The van der Waals surface area contributed by atoms with E-state index in [9.17, 15) is 0 Å². The fraction of sp³-hybridized carbons (Fsp3) is 0.294. The molecule has 2 aromatic rings. The first-order valence-corrected chi connectivity index (χ1v) is 7.50. The van der Waals surface area contributed by atoms with Crippen LogP contribution in [0.2, 0.25) is 0 Å². The molecule has 100 valence electrons. The normalized spacial score (nSPS) is 14.1. The van der Waals surface area contributed by atoms with E-state index in [-0.39, 0.29) is 0 Å². The van der Waals surface area contributed by atoms with Crippen molar-refractivity contribution in [2.24, 2.45) is 0 Å². The Morgan fingerprint density at radius 3 is 2.26 bits per heavy atom. The van der Waals surface area contributed by atoms with Gasteiger partial charge in [-0.3, -0.25) is 0 Å². The third-order valence-corrected chi connectivity index (χ3v) is 4.19. The molecule has 2 rings (SSSR count). The van der Waals surface area contributed by atoms with Gasteiger partial charge in [-0.1, -0.05) is 71.4 Å². The average Bonchev–Trinajstić information content (AvgIpc) is 2.46. The quantitative estimate of drug-likeness (QED) is 0.826. The van der Waals surface area contributed by atoms with E-state index in [1.165, 1.54) is 15.6 Å². The largest absolute Gasteiger partial charge is 0.310 e. The first-order valence-electron chi connectivity index (χ1n) is 6.71. The monoisotopic (exact) mass is 317 g/mol. The summed E-state index contributed by atoms with van der Waals surface area (Å²) in [5, 5.41) is 3.61. The molecule has 2 atom stereocenters. The Bertz CT molecular complexity index is 510. The third kappa shape index (κ3) is 3.92. The Labute approximate surface area is 124 Å². The zero-order chi connectivity index (χ0) is 13.7. The van der Waals surface area contributed by atoms with Crippen LogP contribution in [-0.2, 0) is 0 Å². The van der Waals surface area contributed by atoms with Gasteiger partial charge in [-0.25, -0.2) is 0 Å². The van der Waals surface area contributed by atoms with Gasteiger partial charge in [0.2, 0.25) is 0 Å². The predicted octanol–water partition coefficient (Wildman–Crippen LogP) is 4.90. The zero-order valence-electron chi connectivity index (χ0n) is 11.4. The van der Waals surface area contributed by atoms with Gasteiger partial charge in [0, 0.05) is 17.1 Å². The number of nitrogens with one attached hydrogen (secondary N) is 1. The smallest absolute Gasteiger partial charge is 0.0303 e. The molecular formula is C17H20BrN. The van der Waals surface area contributed by atoms with Crippen LogP contribution in [0.5, 0.6) is 0 Å². The summed E-state index contributed by atoms with van der Waals surface area (Å²) < 4.78 is 1.17. The highest BCUT2D eigenvalue weighted by molar-refractivity contribution is 9.10. The van der Waals surface area contributed by atoms with Gasteiger partial charge >= 0.3 is 0 Å². The summed E-state index contributed by atoms with van der Waals surface area (Å²) in [5.41, 5.74) is 2.69. The summed E-state index contributed by atoms with van der Waals surface area (Å²) in [6.07, 6.45) is 0. The molecule has 0 aromatic heterocycles. The SMILES string of the molecule is CC(CN[C@H](C)c1ccccc1Br)c1ccccc1. The van der Waals surface area contributed by atoms with E-state index in [1.54, 1.807) is 0 Å². The minimum atomic E-state index is 0.349. The number of halogens is 1. The first kappa shape index (κ1) is 14.3. The number of hydrogen-bond donors (Lipinski definition) is 1. The molecule has 2 heteroatoms. The standard InChI is InChI=1S/C17H20BrN/c1-13(15-8-4-3-5-9-15)12-19-14(2)16-10-6-7-11-17(16)18/h3-11,13-14,19H,12H2,1-2H3/t13?,14-/m1/s1. The lowest BCUT2D eigenvalue weighted by atomic mass is 10.0. The van der Waals surface area contributed by atoms with Gasteiger partial charge in [0.25, 0.3) is 0 Å². The lowest BCUT2D eigenvalue weighted by Crippen LogP contribution is -2.23. The molecule has 1 nitrogen and oxygen atoms in total. The van der Waals surface area contributed by atoms with E-state index in [4.69, 9.17) is 0 Å². The van der Waals surface area contributed by atoms with Crippen LogP contribution in [0.15, 0.2) is 59.1 Å². The molecule has 2 aromatic carbocycles. The zero-order valence-corrected chi connectivity index (χ0v) is 13.0. The summed E-state index contributed by atoms with van der Waals surface area (Å²) in [7, 11) is 0. The van der Waals surface area contributed by atoms with Crippen molar-refractivity contribution in [3.63, 3.8) is 0 Å². The van der Waals surface area contributed by atoms with Crippen LogP contribution in [-0.4, -0.2) is 6.54 Å². The minimum absolute atomic E-state index is 0.349. The fourth-order valence-electron chi connectivity index (χ4n) is 2.19. The molecule has 0 aliphatic heterocycles. The van der Waals surface area contributed by atoms with Crippen molar-refractivity contribution in [2.45, 2.75) is 25.8 Å². The molecule has 0 aliphatic carbocycles. The maximum atomic E-state index is 3.61. The van der Waals surface area contributed by atoms with E-state index in [1.807, 2.05) is 6.07 Å². The van der Waals surface area contributed by atoms with Crippen molar-refractivity contribution in [3.8, 4) is 0 Å². The molecule has 19 heavy (non-hydrogen) atoms. The molecule has 0 aliphatic rings. The molecule has 0 radical (unpaired) electrons. The van der Waals surface area contributed by atoms with Gasteiger partial charge in [-0.15, -0.1) is 0 Å². The Balaban J connectivity index is 1.94. The van der Waals surface area contributed by atoms with Gasteiger partial charge in [-0.2, -0.15) is 0 Å². The number of rotatable bonds is 5. The molecule has 1 N–H and O–H groups in total. The van der Waals surface area contributed by atoms with Gasteiger partial charge in [0.1, 0.15) is 0 Å². The molecule has 0 saturated carbocycles. The molecule has 0 heterocycles. The highest BCUT2D eigenvalue weighted by Gasteiger charge is 2.10. The van der Waals surface area contributed by atoms with E-state index < -0.39 is 0 Å². The Morgan fingerprint density at radius 1 is 0.947 bits per heavy atom. The van der Waals surface area contributed by atoms with Crippen LogP contribution < -0.4 is 5.32 Å². The Morgan fingerprint density at radius 2 is 1.58 bits per heavy atom. The molecule has 1 unspecified atom stereocenters. The maximum absolute atomic E-state index is 3.61. The van der Waals surface area contributed by atoms with Crippen LogP contribution in [0.1, 0.15) is 36.9 Å². The van der Waals surface area contributed by atoms with Gasteiger partial charge < -0.3 is 5.32 Å². The van der Waals surface area contributed by atoms with E-state index >= 15 is 0 Å². The topological polar surface area (TPSA) is 12.0 Å². The highest BCUT2D eigenvalue weighted by Crippen LogP contribution is 2.23.